The molecule has 0 amide bonds. The van der Waals surface area contributed by atoms with E-state index in [-0.39, 0.29) is 0 Å². The highest BCUT2D eigenvalue weighted by Gasteiger charge is 2.31. The van der Waals surface area contributed by atoms with Crippen molar-refractivity contribution in [1.82, 2.24) is 14.5 Å². The third kappa shape index (κ3) is 7.16. The van der Waals surface area contributed by atoms with Gasteiger partial charge in [0.1, 0.15) is 0 Å². The van der Waals surface area contributed by atoms with E-state index in [1.807, 2.05) is 104 Å². The van der Waals surface area contributed by atoms with Gasteiger partial charge in [-0.15, -0.1) is 0 Å². The topological polar surface area (TPSA) is 30.7 Å². The number of benzene rings is 8. The van der Waals surface area contributed by atoms with Crippen LogP contribution in [-0.4, -0.2) is 14.5 Å². The van der Waals surface area contributed by atoms with Crippen molar-refractivity contribution in [2.24, 2.45) is 0 Å². The molecule has 2 heterocycles. The van der Waals surface area contributed by atoms with Gasteiger partial charge >= 0.3 is 6.18 Å². The highest BCUT2D eigenvalue weighted by atomic mass is 19.4. The minimum Gasteiger partial charge on any atom is -0.308 e. The first-order valence-corrected chi connectivity index (χ1v) is 20.2. The van der Waals surface area contributed by atoms with E-state index >= 15 is 0 Å². The maximum Gasteiger partial charge on any atom is 0.416 e. The van der Waals surface area contributed by atoms with Gasteiger partial charge in [0.15, 0.2) is 5.82 Å². The number of alkyl halides is 3. The molecule has 2 aromatic heterocycles. The van der Waals surface area contributed by atoms with E-state index in [2.05, 4.69) is 84.3 Å². The van der Waals surface area contributed by atoms with Crippen LogP contribution in [0.3, 0.4) is 0 Å². The summed E-state index contributed by atoms with van der Waals surface area (Å²) in [5, 5.41) is 2.07. The van der Waals surface area contributed by atoms with Crippen LogP contribution in [0.5, 0.6) is 0 Å². The molecule has 0 bridgehead atoms. The summed E-state index contributed by atoms with van der Waals surface area (Å²) >= 11 is 0. The lowest BCUT2D eigenvalue weighted by Crippen LogP contribution is -2.06. The minimum atomic E-state index is -4.55. The van der Waals surface area contributed by atoms with Gasteiger partial charge in [-0.3, -0.25) is 0 Å². The van der Waals surface area contributed by atoms with Crippen LogP contribution in [0, 0.1) is 13.8 Å². The van der Waals surface area contributed by atoms with Crippen LogP contribution in [0.1, 0.15) is 16.7 Å². The number of halogens is 3. The first-order valence-electron chi connectivity index (χ1n) is 20.2. The van der Waals surface area contributed by atoms with Crippen molar-refractivity contribution < 1.29 is 13.2 Å². The van der Waals surface area contributed by atoms with Gasteiger partial charge in [0, 0.05) is 38.6 Å². The molecule has 294 valence electrons. The molecule has 0 atom stereocenters. The predicted molar refractivity (Wildman–Crippen MR) is 243 cm³/mol. The highest BCUT2D eigenvalue weighted by molar-refractivity contribution is 6.12. The summed E-state index contributed by atoms with van der Waals surface area (Å²) in [5.74, 6) is 0.457. The number of para-hydroxylation sites is 1. The van der Waals surface area contributed by atoms with Crippen molar-refractivity contribution in [2.45, 2.75) is 20.0 Å². The first kappa shape index (κ1) is 37.7. The van der Waals surface area contributed by atoms with E-state index < -0.39 is 11.7 Å². The molecule has 0 N–H and O–H groups in total. The molecule has 61 heavy (non-hydrogen) atoms. The normalized spacial score (nSPS) is 11.7. The predicted octanol–water partition coefficient (Wildman–Crippen LogP) is 15.2. The lowest BCUT2D eigenvalue weighted by atomic mass is 9.91. The molecule has 10 aromatic rings. The van der Waals surface area contributed by atoms with Crippen LogP contribution in [0.15, 0.2) is 194 Å². The molecule has 0 aliphatic rings. The van der Waals surface area contributed by atoms with Gasteiger partial charge in [-0.25, -0.2) is 9.97 Å². The zero-order chi connectivity index (χ0) is 41.7. The summed E-state index contributed by atoms with van der Waals surface area (Å²) in [5.41, 5.74) is 13.1. The van der Waals surface area contributed by atoms with Gasteiger partial charge in [-0.2, -0.15) is 13.2 Å². The molecular weight excluding hydrogens is 760 g/mol. The Balaban J connectivity index is 1.33. The fraction of sp³-hybridized carbons (Fsp3) is 0.0545. The van der Waals surface area contributed by atoms with Gasteiger partial charge in [0.2, 0.25) is 0 Å². The van der Waals surface area contributed by atoms with E-state index in [0.29, 0.717) is 22.5 Å². The Morgan fingerprint density at radius 3 is 1.52 bits per heavy atom. The number of hydrogen-bond acceptors (Lipinski definition) is 2. The van der Waals surface area contributed by atoms with Crippen LogP contribution < -0.4 is 0 Å². The van der Waals surface area contributed by atoms with Crippen LogP contribution in [0.25, 0.3) is 94.8 Å². The standard InChI is InChI=1S/C55H38F3N3/c1-35-14-11-20-39(28-35)40-26-27-52-48(31-40)45-24-9-10-25-51(45)61(52)53-46(41-21-12-15-36(2)29-41)32-43(33-47(53)42-22-13-23-44(30-42)55(56,57)58)54-59-49(37-16-5-3-6-17-37)34-50(60-54)38-18-7-4-8-19-38/h3-34H,1-2H3. The lowest BCUT2D eigenvalue weighted by Gasteiger charge is -2.22. The van der Waals surface area contributed by atoms with E-state index in [1.165, 1.54) is 17.7 Å². The molecule has 6 heteroatoms. The van der Waals surface area contributed by atoms with Crippen LogP contribution in [0.4, 0.5) is 13.2 Å². The van der Waals surface area contributed by atoms with E-state index in [9.17, 15) is 13.2 Å². The molecule has 0 unspecified atom stereocenters. The molecular formula is C55H38F3N3. The molecule has 0 saturated carbocycles. The number of hydrogen-bond donors (Lipinski definition) is 0. The Bertz CT molecular complexity index is 3200. The summed E-state index contributed by atoms with van der Waals surface area (Å²) in [4.78, 5) is 10.4. The Kier molecular flexibility index (Phi) is 9.41. The number of aromatic nitrogens is 3. The van der Waals surface area contributed by atoms with E-state index in [4.69, 9.17) is 9.97 Å². The lowest BCUT2D eigenvalue weighted by molar-refractivity contribution is -0.137. The second kappa shape index (κ2) is 15.2. The van der Waals surface area contributed by atoms with Gasteiger partial charge in [0.25, 0.3) is 0 Å². The quantitative estimate of drug-likeness (QED) is 0.161. The summed E-state index contributed by atoms with van der Waals surface area (Å²) < 4.78 is 46.0. The third-order valence-corrected chi connectivity index (χ3v) is 11.3. The Morgan fingerprint density at radius 1 is 0.393 bits per heavy atom. The summed E-state index contributed by atoms with van der Waals surface area (Å²) in [6, 6.07) is 63.0. The van der Waals surface area contributed by atoms with E-state index in [0.717, 1.165) is 83.9 Å². The molecule has 0 saturated heterocycles. The zero-order valence-electron chi connectivity index (χ0n) is 33.5. The second-order valence-corrected chi connectivity index (χ2v) is 15.5. The molecule has 3 nitrogen and oxygen atoms in total. The maximum atomic E-state index is 14.6. The van der Waals surface area contributed by atoms with Gasteiger partial charge in [-0.05, 0) is 84.6 Å². The van der Waals surface area contributed by atoms with Crippen molar-refractivity contribution in [3.05, 3.63) is 211 Å². The Labute approximate surface area is 352 Å². The van der Waals surface area contributed by atoms with Crippen molar-refractivity contribution in [2.75, 3.05) is 0 Å². The largest absolute Gasteiger partial charge is 0.416 e. The summed E-state index contributed by atoms with van der Waals surface area (Å²) in [6.07, 6.45) is -4.55. The SMILES string of the molecule is Cc1cccc(-c2ccc3c(c2)c2ccccc2n3-c2c(-c3cccc(C)c3)cc(-c3nc(-c4ccccc4)cc(-c4ccccc4)n3)cc2-c2cccc(C(F)(F)F)c2)c1. The maximum absolute atomic E-state index is 14.6. The number of fused-ring (bicyclic) bond motifs is 3. The average molecular weight is 798 g/mol. The van der Waals surface area contributed by atoms with Crippen molar-refractivity contribution >= 4 is 21.8 Å². The molecule has 0 aliphatic heterocycles. The Morgan fingerprint density at radius 2 is 0.902 bits per heavy atom. The summed E-state index contributed by atoms with van der Waals surface area (Å²) in [7, 11) is 0. The van der Waals surface area contributed by atoms with Crippen molar-refractivity contribution in [3.8, 4) is 73.0 Å². The molecule has 10 rings (SSSR count). The third-order valence-electron chi connectivity index (χ3n) is 11.3. The van der Waals surface area contributed by atoms with Gasteiger partial charge < -0.3 is 4.57 Å². The van der Waals surface area contributed by atoms with Crippen LogP contribution in [-0.2, 0) is 6.18 Å². The van der Waals surface area contributed by atoms with Gasteiger partial charge in [-0.1, -0.05) is 157 Å². The number of aryl methyl sites for hydroxylation is 2. The van der Waals surface area contributed by atoms with Gasteiger partial charge in [0.05, 0.1) is 33.7 Å². The molecule has 0 fully saturated rings. The summed E-state index contributed by atoms with van der Waals surface area (Å²) in [6.45, 7) is 4.14. The monoisotopic (exact) mass is 797 g/mol. The molecule has 8 aromatic carbocycles. The van der Waals surface area contributed by atoms with Crippen molar-refractivity contribution in [3.63, 3.8) is 0 Å². The highest BCUT2D eigenvalue weighted by Crippen LogP contribution is 2.45. The second-order valence-electron chi connectivity index (χ2n) is 15.5. The molecule has 0 spiro atoms. The van der Waals surface area contributed by atoms with Crippen molar-refractivity contribution in [1.29, 1.82) is 0 Å². The Hall–Kier alpha value is -7.57. The van der Waals surface area contributed by atoms with E-state index in [1.54, 1.807) is 6.07 Å². The minimum absolute atomic E-state index is 0.422. The van der Waals surface area contributed by atoms with Crippen LogP contribution >= 0.6 is 0 Å². The fourth-order valence-corrected chi connectivity index (χ4v) is 8.43. The zero-order valence-corrected chi connectivity index (χ0v) is 33.5. The fourth-order valence-electron chi connectivity index (χ4n) is 8.43. The molecule has 0 aliphatic carbocycles. The molecule has 0 radical (unpaired) electrons. The first-order chi connectivity index (χ1) is 29.7. The number of nitrogens with zero attached hydrogens (tertiary/aromatic N) is 3. The van der Waals surface area contributed by atoms with Crippen LogP contribution in [0.2, 0.25) is 0 Å². The smallest absolute Gasteiger partial charge is 0.308 e. The number of rotatable bonds is 7. The average Bonchev–Trinajstić information content (AvgIpc) is 3.62.